The molecule has 2 unspecified atom stereocenters. The van der Waals surface area contributed by atoms with Gasteiger partial charge in [-0.25, -0.2) is 8.78 Å². The first-order chi connectivity index (χ1) is 9.22. The molecule has 1 heterocycles. The quantitative estimate of drug-likeness (QED) is 0.882. The van der Waals surface area contributed by atoms with Gasteiger partial charge < -0.3 is 10.1 Å². The van der Waals surface area contributed by atoms with E-state index in [-0.39, 0.29) is 12.1 Å². The van der Waals surface area contributed by atoms with E-state index < -0.39 is 11.6 Å². The van der Waals surface area contributed by atoms with Gasteiger partial charge in [-0.1, -0.05) is 19.1 Å². The Morgan fingerprint density at radius 2 is 2.21 bits per heavy atom. The molecule has 2 rings (SSSR count). The molecule has 0 aliphatic carbocycles. The van der Waals surface area contributed by atoms with Crippen LogP contribution in [0.4, 0.5) is 8.78 Å². The van der Waals surface area contributed by atoms with Gasteiger partial charge in [0.25, 0.3) is 0 Å². The average molecular weight is 269 g/mol. The maximum absolute atomic E-state index is 13.9. The van der Waals surface area contributed by atoms with Crippen LogP contribution in [-0.2, 0) is 4.74 Å². The lowest BCUT2D eigenvalue weighted by atomic mass is 9.96. The summed E-state index contributed by atoms with van der Waals surface area (Å²) in [5.41, 5.74) is 0.399. The molecule has 1 aliphatic heterocycles. The highest BCUT2D eigenvalue weighted by molar-refractivity contribution is 5.22. The topological polar surface area (TPSA) is 21.3 Å². The molecule has 1 fully saturated rings. The Morgan fingerprint density at radius 3 is 2.89 bits per heavy atom. The molecule has 106 valence electrons. The second-order valence-corrected chi connectivity index (χ2v) is 4.98. The van der Waals surface area contributed by atoms with E-state index in [0.717, 1.165) is 31.9 Å². The molecule has 1 N–H and O–H groups in total. The summed E-state index contributed by atoms with van der Waals surface area (Å²) in [7, 11) is 0. The molecule has 1 saturated heterocycles. The van der Waals surface area contributed by atoms with Crippen LogP contribution in [0.1, 0.15) is 44.2 Å². The number of hydrogen-bond donors (Lipinski definition) is 1. The second kappa shape index (κ2) is 6.96. The van der Waals surface area contributed by atoms with E-state index in [1.165, 1.54) is 0 Å². The predicted octanol–water partition coefficient (Wildman–Crippen LogP) is 3.57. The number of rotatable bonds is 5. The van der Waals surface area contributed by atoms with Crippen molar-refractivity contribution in [1.82, 2.24) is 5.32 Å². The second-order valence-electron chi connectivity index (χ2n) is 4.98. The lowest BCUT2D eigenvalue weighted by Crippen LogP contribution is -2.29. The number of ether oxygens (including phenoxy) is 1. The van der Waals surface area contributed by atoms with Crippen molar-refractivity contribution in [2.45, 2.75) is 44.8 Å². The molecule has 2 atom stereocenters. The summed E-state index contributed by atoms with van der Waals surface area (Å²) in [4.78, 5) is 0. The van der Waals surface area contributed by atoms with Gasteiger partial charge in [0.15, 0.2) is 11.6 Å². The van der Waals surface area contributed by atoms with Gasteiger partial charge in [-0.05, 0) is 38.3 Å². The minimum Gasteiger partial charge on any atom is -0.378 e. The molecule has 2 nitrogen and oxygen atoms in total. The summed E-state index contributed by atoms with van der Waals surface area (Å²) in [6.45, 7) is 3.45. The Bertz CT molecular complexity index is 405. The van der Waals surface area contributed by atoms with E-state index in [4.69, 9.17) is 4.74 Å². The Hall–Kier alpha value is -1.00. The molecule has 0 aromatic heterocycles. The van der Waals surface area contributed by atoms with Gasteiger partial charge in [-0.2, -0.15) is 0 Å². The molecule has 4 heteroatoms. The molecule has 0 saturated carbocycles. The van der Waals surface area contributed by atoms with E-state index in [0.29, 0.717) is 18.5 Å². The number of benzene rings is 1. The normalized spacial score (nSPS) is 21.3. The lowest BCUT2D eigenvalue weighted by Gasteiger charge is -2.28. The minimum absolute atomic E-state index is 0.139. The van der Waals surface area contributed by atoms with Crippen LogP contribution in [0.25, 0.3) is 0 Å². The summed E-state index contributed by atoms with van der Waals surface area (Å²) in [5.74, 6) is -1.53. The lowest BCUT2D eigenvalue weighted by molar-refractivity contribution is 0.00491. The third-order valence-corrected chi connectivity index (χ3v) is 3.58. The van der Waals surface area contributed by atoms with Crippen LogP contribution in [-0.4, -0.2) is 19.3 Å². The zero-order valence-electron chi connectivity index (χ0n) is 11.3. The van der Waals surface area contributed by atoms with Crippen molar-refractivity contribution in [1.29, 1.82) is 0 Å². The molecule has 0 amide bonds. The molecule has 19 heavy (non-hydrogen) atoms. The highest BCUT2D eigenvalue weighted by Crippen LogP contribution is 2.27. The smallest absolute Gasteiger partial charge is 0.163 e. The first kappa shape index (κ1) is 14.4. The van der Waals surface area contributed by atoms with Crippen molar-refractivity contribution in [3.8, 4) is 0 Å². The SMILES string of the molecule is CCNC(CC1CCCCO1)c1cccc(F)c1F. The van der Waals surface area contributed by atoms with Gasteiger partial charge >= 0.3 is 0 Å². The van der Waals surface area contributed by atoms with Crippen molar-refractivity contribution in [2.24, 2.45) is 0 Å². The number of nitrogens with one attached hydrogen (secondary N) is 1. The number of hydrogen-bond acceptors (Lipinski definition) is 2. The van der Waals surface area contributed by atoms with Gasteiger partial charge in [0.2, 0.25) is 0 Å². The fourth-order valence-corrected chi connectivity index (χ4v) is 2.61. The molecular weight excluding hydrogens is 248 g/mol. The number of halogens is 2. The van der Waals surface area contributed by atoms with Gasteiger partial charge in [0, 0.05) is 18.2 Å². The van der Waals surface area contributed by atoms with Crippen LogP contribution in [0.3, 0.4) is 0 Å². The minimum atomic E-state index is -0.787. The predicted molar refractivity (Wildman–Crippen MR) is 71.0 cm³/mol. The molecule has 1 aromatic rings. The van der Waals surface area contributed by atoms with Crippen LogP contribution in [0.5, 0.6) is 0 Å². The van der Waals surface area contributed by atoms with Gasteiger partial charge in [-0.3, -0.25) is 0 Å². The molecular formula is C15H21F2NO. The van der Waals surface area contributed by atoms with Crippen LogP contribution < -0.4 is 5.32 Å². The largest absolute Gasteiger partial charge is 0.378 e. The molecule has 1 aliphatic rings. The van der Waals surface area contributed by atoms with Gasteiger partial charge in [-0.15, -0.1) is 0 Å². The van der Waals surface area contributed by atoms with E-state index in [1.54, 1.807) is 12.1 Å². The van der Waals surface area contributed by atoms with Crippen LogP contribution in [0.2, 0.25) is 0 Å². The van der Waals surface area contributed by atoms with Gasteiger partial charge in [0.1, 0.15) is 0 Å². The summed E-state index contributed by atoms with van der Waals surface area (Å²) in [6, 6.07) is 4.16. The van der Waals surface area contributed by atoms with Crippen molar-refractivity contribution in [2.75, 3.05) is 13.2 Å². The zero-order valence-corrected chi connectivity index (χ0v) is 11.3. The summed E-state index contributed by atoms with van der Waals surface area (Å²) < 4.78 is 32.9. The molecule has 0 spiro atoms. The Morgan fingerprint density at radius 1 is 1.37 bits per heavy atom. The highest BCUT2D eigenvalue weighted by atomic mass is 19.2. The van der Waals surface area contributed by atoms with E-state index in [2.05, 4.69) is 5.32 Å². The van der Waals surface area contributed by atoms with Crippen molar-refractivity contribution >= 4 is 0 Å². The Kier molecular flexibility index (Phi) is 5.28. The third kappa shape index (κ3) is 3.74. The highest BCUT2D eigenvalue weighted by Gasteiger charge is 2.23. The van der Waals surface area contributed by atoms with Crippen molar-refractivity contribution in [3.05, 3.63) is 35.4 Å². The fraction of sp³-hybridized carbons (Fsp3) is 0.600. The fourth-order valence-electron chi connectivity index (χ4n) is 2.61. The first-order valence-corrected chi connectivity index (χ1v) is 7.01. The first-order valence-electron chi connectivity index (χ1n) is 7.01. The van der Waals surface area contributed by atoms with Crippen molar-refractivity contribution < 1.29 is 13.5 Å². The molecule has 0 radical (unpaired) electrons. The Labute approximate surface area is 113 Å². The monoisotopic (exact) mass is 269 g/mol. The summed E-state index contributed by atoms with van der Waals surface area (Å²) in [5, 5.41) is 3.23. The van der Waals surface area contributed by atoms with E-state index in [9.17, 15) is 8.78 Å². The zero-order chi connectivity index (χ0) is 13.7. The summed E-state index contributed by atoms with van der Waals surface area (Å²) in [6.07, 6.45) is 4.07. The van der Waals surface area contributed by atoms with Crippen LogP contribution in [0.15, 0.2) is 18.2 Å². The van der Waals surface area contributed by atoms with Crippen molar-refractivity contribution in [3.63, 3.8) is 0 Å². The van der Waals surface area contributed by atoms with Crippen LogP contribution >= 0.6 is 0 Å². The maximum Gasteiger partial charge on any atom is 0.163 e. The molecule has 1 aromatic carbocycles. The summed E-state index contributed by atoms with van der Waals surface area (Å²) >= 11 is 0. The van der Waals surface area contributed by atoms with Crippen LogP contribution in [0, 0.1) is 11.6 Å². The van der Waals surface area contributed by atoms with E-state index >= 15 is 0 Å². The average Bonchev–Trinajstić information content (AvgIpc) is 2.43. The Balaban J connectivity index is 2.11. The molecule has 0 bridgehead atoms. The van der Waals surface area contributed by atoms with Gasteiger partial charge in [0.05, 0.1) is 6.10 Å². The third-order valence-electron chi connectivity index (χ3n) is 3.58. The maximum atomic E-state index is 13.9. The standard InChI is InChI=1S/C15H21F2NO/c1-2-18-14(10-11-6-3-4-9-19-11)12-7-5-8-13(16)15(12)17/h5,7-8,11,14,18H,2-4,6,9-10H2,1H3. The van der Waals surface area contributed by atoms with E-state index in [1.807, 2.05) is 6.92 Å².